The molecule has 0 aliphatic carbocycles. The SMILES string of the molecule is Cc1ccc(-c2csc3ncnc(NCc4cccc(C(F)(F)F)c4)c23)cc1. The third-order valence-corrected chi connectivity index (χ3v) is 5.33. The van der Waals surface area contributed by atoms with Crippen LogP contribution >= 0.6 is 11.3 Å². The number of aromatic nitrogens is 2. The molecule has 4 rings (SSSR count). The van der Waals surface area contributed by atoms with Gasteiger partial charge in [0.1, 0.15) is 17.0 Å². The van der Waals surface area contributed by atoms with Gasteiger partial charge < -0.3 is 5.32 Å². The van der Waals surface area contributed by atoms with Gasteiger partial charge in [0.15, 0.2) is 0 Å². The van der Waals surface area contributed by atoms with Gasteiger partial charge in [-0.05, 0) is 30.2 Å². The zero-order valence-corrected chi connectivity index (χ0v) is 15.7. The molecule has 1 N–H and O–H groups in total. The molecule has 142 valence electrons. The van der Waals surface area contributed by atoms with Crippen LogP contribution in [0.15, 0.2) is 60.2 Å². The van der Waals surface area contributed by atoms with Crippen LogP contribution in [0.4, 0.5) is 19.0 Å². The third-order valence-electron chi connectivity index (χ3n) is 4.45. The lowest BCUT2D eigenvalue weighted by Gasteiger charge is -2.11. The predicted molar refractivity (Wildman–Crippen MR) is 106 cm³/mol. The van der Waals surface area contributed by atoms with Crippen LogP contribution < -0.4 is 5.32 Å². The average molecular weight is 399 g/mol. The number of hydrogen-bond acceptors (Lipinski definition) is 4. The number of nitrogens with zero attached hydrogens (tertiary/aromatic N) is 2. The van der Waals surface area contributed by atoms with Crippen LogP contribution in [0.1, 0.15) is 16.7 Å². The summed E-state index contributed by atoms with van der Waals surface area (Å²) < 4.78 is 38.8. The van der Waals surface area contributed by atoms with Crippen molar-refractivity contribution in [3.8, 4) is 11.1 Å². The number of halogens is 3. The molecule has 2 aromatic heterocycles. The smallest absolute Gasteiger partial charge is 0.365 e. The molecule has 0 amide bonds. The van der Waals surface area contributed by atoms with Gasteiger partial charge in [-0.25, -0.2) is 9.97 Å². The first kappa shape index (κ1) is 18.4. The minimum atomic E-state index is -4.36. The first-order chi connectivity index (χ1) is 13.4. The minimum Gasteiger partial charge on any atom is -0.365 e. The van der Waals surface area contributed by atoms with E-state index in [2.05, 4.69) is 15.3 Å². The van der Waals surface area contributed by atoms with Crippen molar-refractivity contribution >= 4 is 27.4 Å². The predicted octanol–water partition coefficient (Wildman–Crippen LogP) is 6.30. The van der Waals surface area contributed by atoms with Crippen molar-refractivity contribution in [2.75, 3.05) is 5.32 Å². The first-order valence-corrected chi connectivity index (χ1v) is 9.49. The Kier molecular flexibility index (Phi) is 4.77. The van der Waals surface area contributed by atoms with Gasteiger partial charge in [-0.2, -0.15) is 13.2 Å². The lowest BCUT2D eigenvalue weighted by molar-refractivity contribution is -0.137. The van der Waals surface area contributed by atoms with Gasteiger partial charge in [-0.1, -0.05) is 42.0 Å². The molecule has 0 aliphatic rings. The third kappa shape index (κ3) is 3.71. The lowest BCUT2D eigenvalue weighted by Crippen LogP contribution is -2.07. The molecule has 0 atom stereocenters. The van der Waals surface area contributed by atoms with E-state index in [9.17, 15) is 13.2 Å². The molecular formula is C21H16F3N3S. The molecule has 0 saturated carbocycles. The average Bonchev–Trinajstić information content (AvgIpc) is 3.11. The largest absolute Gasteiger partial charge is 0.416 e. The van der Waals surface area contributed by atoms with Gasteiger partial charge in [0.2, 0.25) is 0 Å². The van der Waals surface area contributed by atoms with E-state index in [0.717, 1.165) is 33.5 Å². The molecule has 0 spiro atoms. The summed E-state index contributed by atoms with van der Waals surface area (Å²) in [6, 6.07) is 13.5. The summed E-state index contributed by atoms with van der Waals surface area (Å²) in [7, 11) is 0. The van der Waals surface area contributed by atoms with E-state index in [1.54, 1.807) is 6.07 Å². The van der Waals surface area contributed by atoms with Gasteiger partial charge in [0, 0.05) is 17.5 Å². The second-order valence-electron chi connectivity index (χ2n) is 6.47. The summed E-state index contributed by atoms with van der Waals surface area (Å²) in [6.45, 7) is 2.26. The first-order valence-electron chi connectivity index (χ1n) is 8.61. The molecule has 0 saturated heterocycles. The molecule has 4 aromatic rings. The molecule has 0 radical (unpaired) electrons. The molecule has 0 fully saturated rings. The topological polar surface area (TPSA) is 37.8 Å². The van der Waals surface area contributed by atoms with Gasteiger partial charge in [0.25, 0.3) is 0 Å². The van der Waals surface area contributed by atoms with Crippen molar-refractivity contribution in [2.45, 2.75) is 19.6 Å². The molecule has 7 heteroatoms. The van der Waals surface area contributed by atoms with Gasteiger partial charge in [-0.15, -0.1) is 11.3 Å². The lowest BCUT2D eigenvalue weighted by atomic mass is 10.0. The fraction of sp³-hybridized carbons (Fsp3) is 0.143. The molecular weight excluding hydrogens is 383 g/mol. The maximum atomic E-state index is 12.9. The van der Waals surface area contributed by atoms with Crippen molar-refractivity contribution in [3.63, 3.8) is 0 Å². The highest BCUT2D eigenvalue weighted by Crippen LogP contribution is 2.37. The summed E-state index contributed by atoms with van der Waals surface area (Å²) >= 11 is 1.51. The summed E-state index contributed by atoms with van der Waals surface area (Å²) in [5, 5.41) is 6.08. The Balaban J connectivity index is 1.66. The van der Waals surface area contributed by atoms with Crippen LogP contribution in [-0.2, 0) is 12.7 Å². The maximum absolute atomic E-state index is 12.9. The number of anilines is 1. The second-order valence-corrected chi connectivity index (χ2v) is 7.33. The van der Waals surface area contributed by atoms with Crippen LogP contribution in [-0.4, -0.2) is 9.97 Å². The van der Waals surface area contributed by atoms with E-state index in [0.29, 0.717) is 11.4 Å². The Labute approximate surface area is 163 Å². The zero-order chi connectivity index (χ0) is 19.7. The number of rotatable bonds is 4. The summed E-state index contributed by atoms with van der Waals surface area (Å²) in [5.41, 5.74) is 3.10. The van der Waals surface area contributed by atoms with E-state index in [-0.39, 0.29) is 6.54 Å². The Bertz CT molecular complexity index is 1120. The number of thiophene rings is 1. The normalized spacial score (nSPS) is 11.7. The van der Waals surface area contributed by atoms with Crippen molar-refractivity contribution in [3.05, 3.63) is 76.9 Å². The Morgan fingerprint density at radius 3 is 2.57 bits per heavy atom. The van der Waals surface area contributed by atoms with Crippen molar-refractivity contribution in [2.24, 2.45) is 0 Å². The molecule has 0 unspecified atom stereocenters. The molecule has 28 heavy (non-hydrogen) atoms. The number of fused-ring (bicyclic) bond motifs is 1. The standard InChI is InChI=1S/C21H16F3N3S/c1-13-5-7-15(8-6-13)17-11-28-20-18(17)19(26-12-27-20)25-10-14-3-2-4-16(9-14)21(22,23)24/h2-9,11-12H,10H2,1H3,(H,25,26,27). The van der Waals surface area contributed by atoms with E-state index < -0.39 is 11.7 Å². The number of benzene rings is 2. The number of alkyl halides is 3. The minimum absolute atomic E-state index is 0.235. The highest BCUT2D eigenvalue weighted by Gasteiger charge is 2.30. The van der Waals surface area contributed by atoms with E-state index in [1.165, 1.54) is 29.3 Å². The monoisotopic (exact) mass is 399 g/mol. The molecule has 2 aromatic carbocycles. The highest BCUT2D eigenvalue weighted by molar-refractivity contribution is 7.17. The Morgan fingerprint density at radius 2 is 1.82 bits per heavy atom. The van der Waals surface area contributed by atoms with Gasteiger partial charge in [0.05, 0.1) is 10.9 Å². The van der Waals surface area contributed by atoms with Crippen molar-refractivity contribution < 1.29 is 13.2 Å². The van der Waals surface area contributed by atoms with Crippen LogP contribution in [0.2, 0.25) is 0 Å². The van der Waals surface area contributed by atoms with E-state index in [1.807, 2.05) is 36.6 Å². The van der Waals surface area contributed by atoms with Crippen LogP contribution in [0, 0.1) is 6.92 Å². The fourth-order valence-electron chi connectivity index (χ4n) is 3.00. The van der Waals surface area contributed by atoms with Gasteiger partial charge in [-0.3, -0.25) is 0 Å². The molecule has 0 bridgehead atoms. The number of hydrogen-bond donors (Lipinski definition) is 1. The zero-order valence-electron chi connectivity index (χ0n) is 14.9. The Hall–Kier alpha value is -2.93. The highest BCUT2D eigenvalue weighted by atomic mass is 32.1. The second kappa shape index (κ2) is 7.24. The Morgan fingerprint density at radius 1 is 1.04 bits per heavy atom. The summed E-state index contributed by atoms with van der Waals surface area (Å²) in [4.78, 5) is 9.49. The molecule has 0 aliphatic heterocycles. The van der Waals surface area contributed by atoms with Crippen LogP contribution in [0.25, 0.3) is 21.3 Å². The molecule has 3 nitrogen and oxygen atoms in total. The number of nitrogens with one attached hydrogen (secondary N) is 1. The van der Waals surface area contributed by atoms with Crippen LogP contribution in [0.5, 0.6) is 0 Å². The van der Waals surface area contributed by atoms with Crippen molar-refractivity contribution in [1.82, 2.24) is 9.97 Å². The van der Waals surface area contributed by atoms with E-state index in [4.69, 9.17) is 0 Å². The van der Waals surface area contributed by atoms with Gasteiger partial charge >= 0.3 is 6.18 Å². The fourth-order valence-corrected chi connectivity index (χ4v) is 3.91. The molecule has 2 heterocycles. The summed E-state index contributed by atoms with van der Waals surface area (Å²) in [6.07, 6.45) is -2.89. The quantitative estimate of drug-likeness (QED) is 0.438. The van der Waals surface area contributed by atoms with Crippen LogP contribution in [0.3, 0.4) is 0 Å². The summed E-state index contributed by atoms with van der Waals surface area (Å²) in [5.74, 6) is 0.610. The number of aryl methyl sites for hydroxylation is 1. The van der Waals surface area contributed by atoms with Crippen molar-refractivity contribution in [1.29, 1.82) is 0 Å². The maximum Gasteiger partial charge on any atom is 0.416 e. The van der Waals surface area contributed by atoms with E-state index >= 15 is 0 Å².